The van der Waals surface area contributed by atoms with Crippen molar-refractivity contribution < 1.29 is 34.8 Å². The molecule has 0 spiro atoms. The van der Waals surface area contributed by atoms with Gasteiger partial charge in [0.15, 0.2) is 5.11 Å². The number of thiocarbonyl (C=S) groups is 1. The molecule has 0 heterocycles. The molecule has 0 amide bonds. The molecule has 0 aliphatic carbocycles. The van der Waals surface area contributed by atoms with Gasteiger partial charge in [-0.1, -0.05) is 0 Å². The second kappa shape index (κ2) is 7.98. The van der Waals surface area contributed by atoms with Crippen molar-refractivity contribution in [2.24, 2.45) is 0 Å². The van der Waals surface area contributed by atoms with Gasteiger partial charge in [-0.3, -0.25) is 0 Å². The topological polar surface area (TPSA) is 70.2 Å². The Balaban J connectivity index is 2.88. The Morgan fingerprint density at radius 1 is 0.958 bits per heavy atom. The van der Waals surface area contributed by atoms with Crippen LogP contribution in [0.2, 0.25) is 0 Å². The number of alkyl halides is 6. The van der Waals surface area contributed by atoms with Crippen LogP contribution in [0.15, 0.2) is 18.2 Å². The van der Waals surface area contributed by atoms with E-state index in [1.807, 2.05) is 4.72 Å². The van der Waals surface area contributed by atoms with Crippen LogP contribution < -0.4 is 15.4 Å². The van der Waals surface area contributed by atoms with Crippen molar-refractivity contribution in [1.29, 1.82) is 0 Å². The van der Waals surface area contributed by atoms with Crippen LogP contribution in [0.1, 0.15) is 11.1 Å². The van der Waals surface area contributed by atoms with Crippen molar-refractivity contribution in [2.45, 2.75) is 12.4 Å². The van der Waals surface area contributed by atoms with E-state index >= 15 is 0 Å². The highest BCUT2D eigenvalue weighted by molar-refractivity contribution is 7.80. The summed E-state index contributed by atoms with van der Waals surface area (Å²) in [5.74, 6) is 0. The molecule has 1 aromatic rings. The van der Waals surface area contributed by atoms with Crippen LogP contribution >= 0.6 is 12.2 Å². The molecule has 0 saturated heterocycles. The van der Waals surface area contributed by atoms with Gasteiger partial charge in [-0.15, -0.1) is 0 Å². The molecule has 136 valence electrons. The standard InChI is InChI=1S/C11H11F6N3O2S2/c12-10(13,14)6-3-7(11(15,16)17)5-8(4-6)20-9(23)18-1-2-19-24(21)22/h3-5,24H,1-2H2,(H2,18,20,23)(H,19,21,22). The Morgan fingerprint density at radius 3 is 1.88 bits per heavy atom. The summed E-state index contributed by atoms with van der Waals surface area (Å²) in [6.07, 6.45) is -9.92. The first-order chi connectivity index (χ1) is 10.9. The minimum atomic E-state index is -4.96. The summed E-state index contributed by atoms with van der Waals surface area (Å²) in [6, 6.07) is 0.961. The van der Waals surface area contributed by atoms with E-state index in [-0.39, 0.29) is 24.3 Å². The van der Waals surface area contributed by atoms with Crippen molar-refractivity contribution in [3.8, 4) is 0 Å². The molecule has 0 aliphatic heterocycles. The number of thiol groups is 1. The zero-order chi connectivity index (χ0) is 18.5. The van der Waals surface area contributed by atoms with Gasteiger partial charge in [0.25, 0.3) is 0 Å². The molecule has 0 radical (unpaired) electrons. The summed E-state index contributed by atoms with van der Waals surface area (Å²) >= 11 is 4.73. The highest BCUT2D eigenvalue weighted by atomic mass is 32.2. The first-order valence-electron chi connectivity index (χ1n) is 6.12. The number of hydrogen-bond acceptors (Lipinski definition) is 3. The van der Waals surface area contributed by atoms with Crippen LogP contribution in [0, 0.1) is 0 Å². The highest BCUT2D eigenvalue weighted by Gasteiger charge is 2.36. The molecule has 24 heavy (non-hydrogen) atoms. The Kier molecular flexibility index (Phi) is 6.80. The molecule has 0 fully saturated rings. The zero-order valence-corrected chi connectivity index (χ0v) is 13.3. The number of hydrogen-bond donors (Lipinski definition) is 4. The molecule has 0 unspecified atom stereocenters. The van der Waals surface area contributed by atoms with Crippen molar-refractivity contribution in [1.82, 2.24) is 10.0 Å². The van der Waals surface area contributed by atoms with E-state index in [4.69, 9.17) is 12.2 Å². The third kappa shape index (κ3) is 6.88. The van der Waals surface area contributed by atoms with Gasteiger partial charge in [-0.25, -0.2) is 13.1 Å². The predicted molar refractivity (Wildman–Crippen MR) is 79.0 cm³/mol. The average Bonchev–Trinajstić information content (AvgIpc) is 2.41. The maximum atomic E-state index is 12.7. The van der Waals surface area contributed by atoms with E-state index in [9.17, 15) is 34.8 Å². The molecule has 1 aromatic carbocycles. The second-order valence-electron chi connectivity index (χ2n) is 4.34. The molecule has 0 aromatic heterocycles. The van der Waals surface area contributed by atoms with E-state index < -0.39 is 40.1 Å². The molecular weight excluding hydrogens is 384 g/mol. The second-order valence-corrected chi connectivity index (χ2v) is 5.58. The fraction of sp³-hybridized carbons (Fsp3) is 0.364. The lowest BCUT2D eigenvalue weighted by atomic mass is 10.1. The number of benzene rings is 1. The SMILES string of the molecule is O=[SH](=O)NCCNC(=S)Nc1cc(C(F)(F)F)cc(C(F)(F)F)c1. The van der Waals surface area contributed by atoms with Crippen LogP contribution in [0.25, 0.3) is 0 Å². The highest BCUT2D eigenvalue weighted by Crippen LogP contribution is 2.37. The monoisotopic (exact) mass is 395 g/mol. The quantitative estimate of drug-likeness (QED) is 0.266. The minimum Gasteiger partial charge on any atom is -0.361 e. The van der Waals surface area contributed by atoms with Gasteiger partial charge in [0.2, 0.25) is 10.9 Å². The fourth-order valence-corrected chi connectivity index (χ4v) is 2.04. The average molecular weight is 395 g/mol. The van der Waals surface area contributed by atoms with Crippen LogP contribution in [-0.4, -0.2) is 26.6 Å². The lowest BCUT2D eigenvalue weighted by molar-refractivity contribution is -0.143. The number of rotatable bonds is 5. The van der Waals surface area contributed by atoms with Crippen LogP contribution in [0.4, 0.5) is 32.0 Å². The van der Waals surface area contributed by atoms with Crippen LogP contribution in [0.5, 0.6) is 0 Å². The molecular formula is C11H11F6N3O2S2. The summed E-state index contributed by atoms with van der Waals surface area (Å²) in [4.78, 5) is 0. The normalized spacial score (nSPS) is 12.3. The summed E-state index contributed by atoms with van der Waals surface area (Å²) in [6.45, 7) is -0.0723. The van der Waals surface area contributed by atoms with E-state index in [1.54, 1.807) is 0 Å². The third-order valence-electron chi connectivity index (χ3n) is 2.50. The Bertz CT molecular complexity index is 632. The van der Waals surface area contributed by atoms with Gasteiger partial charge >= 0.3 is 12.4 Å². The smallest absolute Gasteiger partial charge is 0.361 e. The molecule has 0 saturated carbocycles. The summed E-state index contributed by atoms with van der Waals surface area (Å²) < 4.78 is 98.6. The van der Waals surface area contributed by atoms with E-state index in [0.717, 1.165) is 0 Å². The predicted octanol–water partition coefficient (Wildman–Crippen LogP) is 2.13. The maximum absolute atomic E-state index is 12.7. The van der Waals surface area contributed by atoms with Gasteiger partial charge in [0, 0.05) is 18.8 Å². The van der Waals surface area contributed by atoms with E-state index in [2.05, 4.69) is 10.6 Å². The fourth-order valence-electron chi connectivity index (χ4n) is 1.53. The third-order valence-corrected chi connectivity index (χ3v) is 3.23. The van der Waals surface area contributed by atoms with Crippen LogP contribution in [0.3, 0.4) is 0 Å². The van der Waals surface area contributed by atoms with E-state index in [1.165, 1.54) is 0 Å². The number of nitrogens with one attached hydrogen (secondary N) is 3. The lowest BCUT2D eigenvalue weighted by Gasteiger charge is -2.16. The summed E-state index contributed by atoms with van der Waals surface area (Å²) in [7, 11) is -2.82. The maximum Gasteiger partial charge on any atom is 0.416 e. The lowest BCUT2D eigenvalue weighted by Crippen LogP contribution is -2.34. The van der Waals surface area contributed by atoms with Gasteiger partial charge in [-0.2, -0.15) is 26.3 Å². The van der Waals surface area contributed by atoms with Crippen molar-refractivity contribution >= 4 is 33.9 Å². The zero-order valence-electron chi connectivity index (χ0n) is 11.6. The van der Waals surface area contributed by atoms with Crippen molar-refractivity contribution in [2.75, 3.05) is 18.4 Å². The number of anilines is 1. The Morgan fingerprint density at radius 2 is 1.46 bits per heavy atom. The van der Waals surface area contributed by atoms with Gasteiger partial charge in [-0.05, 0) is 30.4 Å². The molecule has 3 N–H and O–H groups in total. The summed E-state index contributed by atoms with van der Waals surface area (Å²) in [5, 5.41) is 4.37. The number of halogens is 6. The summed E-state index contributed by atoms with van der Waals surface area (Å²) in [5.41, 5.74) is -3.46. The molecule has 0 atom stereocenters. The molecule has 5 nitrogen and oxygen atoms in total. The molecule has 0 aliphatic rings. The van der Waals surface area contributed by atoms with Crippen molar-refractivity contribution in [3.05, 3.63) is 29.3 Å². The van der Waals surface area contributed by atoms with Gasteiger partial charge < -0.3 is 10.6 Å². The largest absolute Gasteiger partial charge is 0.416 e. The van der Waals surface area contributed by atoms with E-state index in [0.29, 0.717) is 12.1 Å². The van der Waals surface area contributed by atoms with Crippen LogP contribution in [-0.2, 0) is 23.2 Å². The first kappa shape index (κ1) is 20.4. The molecule has 0 bridgehead atoms. The van der Waals surface area contributed by atoms with Gasteiger partial charge in [0.1, 0.15) is 0 Å². The Hall–Kier alpha value is -1.60. The first-order valence-corrected chi connectivity index (χ1v) is 7.70. The Labute approximate surface area is 139 Å². The van der Waals surface area contributed by atoms with Gasteiger partial charge in [0.05, 0.1) is 11.1 Å². The minimum absolute atomic E-state index is 0.00360. The van der Waals surface area contributed by atoms with Crippen molar-refractivity contribution in [3.63, 3.8) is 0 Å². The molecule has 13 heteroatoms. The molecule has 1 rings (SSSR count).